The Kier molecular flexibility index (Phi) is 4.58. The molecule has 0 spiro atoms. The third-order valence-electron chi connectivity index (χ3n) is 5.00. The van der Waals surface area contributed by atoms with Gasteiger partial charge in [0.25, 0.3) is 0 Å². The van der Waals surface area contributed by atoms with Crippen LogP contribution in [0.25, 0.3) is 0 Å². The number of nitrogens with zero attached hydrogens (tertiary/aromatic N) is 2. The van der Waals surface area contributed by atoms with Gasteiger partial charge >= 0.3 is 11.7 Å². The molecular weight excluding hydrogens is 340 g/mol. The number of nitro benzene ring substituents is 1. The zero-order valence-electron chi connectivity index (χ0n) is 14.3. The largest absolute Gasteiger partial charge is 0.502 e. The Bertz CT molecular complexity index is 844. The molecule has 0 aromatic heterocycles. The molecule has 1 N–H and O–H groups in total. The molecule has 0 bridgehead atoms. The van der Waals surface area contributed by atoms with Gasteiger partial charge in [-0.3, -0.25) is 24.7 Å². The van der Waals surface area contributed by atoms with E-state index in [4.69, 9.17) is 4.74 Å². The number of aromatic hydroxyl groups is 1. The van der Waals surface area contributed by atoms with Gasteiger partial charge in [-0.05, 0) is 31.1 Å². The molecule has 4 atom stereocenters. The number of benzene rings is 1. The van der Waals surface area contributed by atoms with E-state index < -0.39 is 40.1 Å². The zero-order valence-corrected chi connectivity index (χ0v) is 14.3. The number of allylic oxidation sites excluding steroid dienone is 1. The van der Waals surface area contributed by atoms with Crippen molar-refractivity contribution >= 4 is 23.2 Å². The first-order chi connectivity index (χ1) is 12.3. The van der Waals surface area contributed by atoms with Crippen molar-refractivity contribution in [1.29, 1.82) is 0 Å². The zero-order chi connectivity index (χ0) is 19.0. The Balaban J connectivity index is 2.18. The van der Waals surface area contributed by atoms with Gasteiger partial charge in [0.15, 0.2) is 11.5 Å². The van der Waals surface area contributed by atoms with Crippen molar-refractivity contribution in [3.63, 3.8) is 0 Å². The summed E-state index contributed by atoms with van der Waals surface area (Å²) in [4.78, 5) is 40.0. The van der Waals surface area contributed by atoms with Crippen LogP contribution in [0, 0.1) is 22.0 Å². The molecule has 1 aromatic rings. The van der Waals surface area contributed by atoms with Gasteiger partial charge in [0.05, 0.1) is 24.0 Å². The number of esters is 1. The summed E-state index contributed by atoms with van der Waals surface area (Å²) in [5, 5.41) is 20.9. The highest BCUT2D eigenvalue weighted by molar-refractivity contribution is 6.05. The summed E-state index contributed by atoms with van der Waals surface area (Å²) in [5.74, 6) is -3.28. The normalized spacial score (nSPS) is 27.5. The molecule has 0 saturated carbocycles. The number of nitro groups is 1. The number of rotatable bonds is 3. The molecule has 1 aromatic carbocycles. The summed E-state index contributed by atoms with van der Waals surface area (Å²) >= 11 is 0. The fourth-order valence-electron chi connectivity index (χ4n) is 3.87. The summed E-state index contributed by atoms with van der Waals surface area (Å²) in [7, 11) is 1.25. The van der Waals surface area contributed by atoms with Crippen LogP contribution in [0.4, 0.5) is 5.69 Å². The van der Waals surface area contributed by atoms with E-state index in [1.807, 2.05) is 0 Å². The first-order valence-electron chi connectivity index (χ1n) is 8.15. The van der Waals surface area contributed by atoms with Crippen LogP contribution in [0.2, 0.25) is 0 Å². The number of ether oxygens (including phenoxy) is 1. The first-order valence-corrected chi connectivity index (χ1v) is 8.15. The van der Waals surface area contributed by atoms with E-state index in [1.54, 1.807) is 13.0 Å². The minimum absolute atomic E-state index is 0.174. The van der Waals surface area contributed by atoms with Crippen molar-refractivity contribution in [1.82, 2.24) is 0 Å². The highest BCUT2D eigenvalue weighted by Gasteiger charge is 2.48. The van der Waals surface area contributed by atoms with Gasteiger partial charge in [-0.1, -0.05) is 12.1 Å². The van der Waals surface area contributed by atoms with Crippen LogP contribution in [-0.4, -0.2) is 40.6 Å². The summed E-state index contributed by atoms with van der Waals surface area (Å²) in [6, 6.07) is 3.61. The lowest BCUT2D eigenvalue weighted by atomic mass is 9.66. The van der Waals surface area contributed by atoms with Gasteiger partial charge in [-0.2, -0.15) is 0 Å². The van der Waals surface area contributed by atoms with E-state index in [0.29, 0.717) is 17.7 Å². The predicted molar refractivity (Wildman–Crippen MR) is 92.2 cm³/mol. The number of phenolic OH excluding ortho intramolecular Hbond substituents is 1. The Morgan fingerprint density at radius 1 is 1.38 bits per heavy atom. The summed E-state index contributed by atoms with van der Waals surface area (Å²) in [5.41, 5.74) is 0.487. The predicted octanol–water partition coefficient (Wildman–Crippen LogP) is 2.16. The van der Waals surface area contributed by atoms with Crippen LogP contribution in [0.15, 0.2) is 35.3 Å². The number of hydrogen-bond acceptors (Lipinski definition) is 7. The molecule has 1 heterocycles. The van der Waals surface area contributed by atoms with E-state index in [-0.39, 0.29) is 11.8 Å². The molecule has 1 aliphatic heterocycles. The van der Waals surface area contributed by atoms with E-state index >= 15 is 0 Å². The number of phenols is 1. The summed E-state index contributed by atoms with van der Waals surface area (Å²) < 4.78 is 4.90. The van der Waals surface area contributed by atoms with Crippen molar-refractivity contribution in [3.8, 4) is 5.75 Å². The van der Waals surface area contributed by atoms with Crippen molar-refractivity contribution < 1.29 is 24.4 Å². The Labute approximate surface area is 149 Å². The highest BCUT2D eigenvalue weighted by Crippen LogP contribution is 2.45. The van der Waals surface area contributed by atoms with Gasteiger partial charge in [0, 0.05) is 17.7 Å². The van der Waals surface area contributed by atoms with Crippen LogP contribution >= 0.6 is 0 Å². The minimum atomic E-state index is -0.819. The van der Waals surface area contributed by atoms with E-state index in [2.05, 4.69) is 4.99 Å². The molecule has 8 nitrogen and oxygen atoms in total. The second-order valence-corrected chi connectivity index (χ2v) is 6.44. The minimum Gasteiger partial charge on any atom is -0.502 e. The molecule has 0 saturated heterocycles. The number of aliphatic imine (C=N–C) groups is 1. The van der Waals surface area contributed by atoms with E-state index in [1.165, 1.54) is 31.4 Å². The monoisotopic (exact) mass is 358 g/mol. The Hall–Kier alpha value is -3.03. The standard InChI is InChI=1S/C18H18N2O6/c1-9-15(18(23)26-2)16(17-11(19-9)4-3-5-14(17)22)10-6-7-13(21)12(8-10)20(24)25/h3,5-8,11,15-17,21H,4H2,1-2H3/t11-,15?,16+,17-/m0/s1. The molecule has 0 fully saturated rings. The molecule has 8 heteroatoms. The topological polar surface area (TPSA) is 119 Å². The van der Waals surface area contributed by atoms with Gasteiger partial charge in [0.2, 0.25) is 0 Å². The van der Waals surface area contributed by atoms with Crippen LogP contribution in [-0.2, 0) is 14.3 Å². The smallest absolute Gasteiger partial charge is 0.315 e. The number of fused-ring (bicyclic) bond motifs is 1. The number of carbonyl (C=O) groups is 2. The lowest BCUT2D eigenvalue weighted by Crippen LogP contribution is -2.46. The lowest BCUT2D eigenvalue weighted by molar-refractivity contribution is -0.385. The second kappa shape index (κ2) is 6.70. The number of carbonyl (C=O) groups excluding carboxylic acids is 2. The molecule has 2 aliphatic rings. The van der Waals surface area contributed by atoms with Crippen molar-refractivity contribution in [2.24, 2.45) is 16.8 Å². The molecule has 26 heavy (non-hydrogen) atoms. The molecular formula is C18H18N2O6. The third-order valence-corrected chi connectivity index (χ3v) is 5.00. The van der Waals surface area contributed by atoms with Gasteiger partial charge in [-0.15, -0.1) is 0 Å². The maximum absolute atomic E-state index is 12.6. The van der Waals surface area contributed by atoms with Crippen LogP contribution in [0.5, 0.6) is 5.75 Å². The molecule has 1 aliphatic carbocycles. The van der Waals surface area contributed by atoms with Gasteiger partial charge in [0.1, 0.15) is 5.92 Å². The number of methoxy groups -OCH3 is 1. The van der Waals surface area contributed by atoms with Crippen LogP contribution < -0.4 is 0 Å². The molecule has 1 unspecified atom stereocenters. The fraction of sp³-hybridized carbons (Fsp3) is 0.389. The first kappa shape index (κ1) is 17.8. The Morgan fingerprint density at radius 2 is 2.12 bits per heavy atom. The second-order valence-electron chi connectivity index (χ2n) is 6.44. The lowest BCUT2D eigenvalue weighted by Gasteiger charge is -2.40. The van der Waals surface area contributed by atoms with Crippen molar-refractivity contribution in [3.05, 3.63) is 46.0 Å². The summed E-state index contributed by atoms with van der Waals surface area (Å²) in [6.45, 7) is 1.70. The molecule has 0 amide bonds. The average molecular weight is 358 g/mol. The maximum Gasteiger partial charge on any atom is 0.315 e. The SMILES string of the molecule is COC(=O)C1C(C)=N[C@H]2CC=CC(=O)[C@H]2[C@@H]1c1ccc(O)c([N+](=O)[O-])c1. The molecule has 136 valence electrons. The molecule has 0 radical (unpaired) electrons. The third kappa shape index (κ3) is 2.87. The van der Waals surface area contributed by atoms with Gasteiger partial charge in [-0.25, -0.2) is 0 Å². The van der Waals surface area contributed by atoms with E-state index in [9.17, 15) is 24.8 Å². The fourth-order valence-corrected chi connectivity index (χ4v) is 3.87. The van der Waals surface area contributed by atoms with Crippen LogP contribution in [0.1, 0.15) is 24.8 Å². The van der Waals surface area contributed by atoms with Crippen LogP contribution in [0.3, 0.4) is 0 Å². The van der Waals surface area contributed by atoms with E-state index in [0.717, 1.165) is 0 Å². The van der Waals surface area contributed by atoms with Gasteiger partial charge < -0.3 is 9.84 Å². The van der Waals surface area contributed by atoms with Crippen molar-refractivity contribution in [2.75, 3.05) is 7.11 Å². The maximum atomic E-state index is 12.6. The average Bonchev–Trinajstić information content (AvgIpc) is 2.60. The highest BCUT2D eigenvalue weighted by atomic mass is 16.6. The summed E-state index contributed by atoms with van der Waals surface area (Å²) in [6.07, 6.45) is 3.76. The number of ketones is 1. The Morgan fingerprint density at radius 3 is 2.77 bits per heavy atom. The quantitative estimate of drug-likeness (QED) is 0.502. The molecule has 3 rings (SSSR count). The van der Waals surface area contributed by atoms with Crippen molar-refractivity contribution in [2.45, 2.75) is 25.3 Å². The number of hydrogen-bond donors (Lipinski definition) is 1.